The summed E-state index contributed by atoms with van der Waals surface area (Å²) in [6.07, 6.45) is 1.07. The van der Waals surface area contributed by atoms with E-state index in [-0.39, 0.29) is 12.5 Å². The van der Waals surface area contributed by atoms with Gasteiger partial charge in [0.05, 0.1) is 6.61 Å². The van der Waals surface area contributed by atoms with Crippen LogP contribution in [0.25, 0.3) is 0 Å². The maximum Gasteiger partial charge on any atom is 0.279 e. The Balaban J connectivity index is 2.73. The normalized spacial score (nSPS) is 28.6. The summed E-state index contributed by atoms with van der Waals surface area (Å²) in [4.78, 5) is 0. The third-order valence-corrected chi connectivity index (χ3v) is 5.06. The van der Waals surface area contributed by atoms with E-state index in [0.29, 0.717) is 24.9 Å². The molecule has 1 fully saturated rings. The highest BCUT2D eigenvalue weighted by atomic mass is 32.2. The van der Waals surface area contributed by atoms with Gasteiger partial charge < -0.3 is 5.11 Å². The summed E-state index contributed by atoms with van der Waals surface area (Å²) in [5.74, 6) is 0.846. The summed E-state index contributed by atoms with van der Waals surface area (Å²) in [5.41, 5.74) is 0. The number of aliphatic hydroxyl groups is 1. The Kier molecular flexibility index (Phi) is 5.58. The summed E-state index contributed by atoms with van der Waals surface area (Å²) < 4.78 is 28.6. The van der Waals surface area contributed by atoms with Crippen LogP contribution < -0.4 is 4.72 Å². The van der Waals surface area contributed by atoms with Crippen molar-refractivity contribution in [3.63, 3.8) is 0 Å². The number of hydrogen-bond donors (Lipinski definition) is 2. The van der Waals surface area contributed by atoms with Crippen LogP contribution in [0.2, 0.25) is 0 Å². The van der Waals surface area contributed by atoms with Crippen molar-refractivity contribution >= 4 is 10.2 Å². The maximum atomic E-state index is 12.3. The highest BCUT2D eigenvalue weighted by molar-refractivity contribution is 7.87. The third kappa shape index (κ3) is 4.19. The molecule has 3 atom stereocenters. The first-order valence-electron chi connectivity index (χ1n) is 6.64. The van der Waals surface area contributed by atoms with Gasteiger partial charge in [0.15, 0.2) is 0 Å². The van der Waals surface area contributed by atoms with E-state index in [0.717, 1.165) is 6.42 Å². The summed E-state index contributed by atoms with van der Waals surface area (Å²) >= 11 is 0. The standard InChI is InChI=1S/C12H26N2O3S/c1-9(2)12(8-15)13-18(16,17)14-6-10(3)5-11(4)7-14/h9-13,15H,5-8H2,1-4H3/t10?,11?,12-/m1/s1. The molecule has 0 bridgehead atoms. The molecule has 1 aliphatic rings. The van der Waals surface area contributed by atoms with E-state index in [1.807, 2.05) is 13.8 Å². The fraction of sp³-hybridized carbons (Fsp3) is 1.00. The zero-order valence-corrected chi connectivity index (χ0v) is 12.6. The van der Waals surface area contributed by atoms with Crippen LogP contribution in [-0.2, 0) is 10.2 Å². The van der Waals surface area contributed by atoms with Gasteiger partial charge >= 0.3 is 0 Å². The first-order chi connectivity index (χ1) is 8.26. The van der Waals surface area contributed by atoms with E-state index >= 15 is 0 Å². The molecule has 5 nitrogen and oxygen atoms in total. The van der Waals surface area contributed by atoms with Crippen LogP contribution in [-0.4, -0.2) is 43.6 Å². The summed E-state index contributed by atoms with van der Waals surface area (Å²) in [6, 6.07) is -0.414. The van der Waals surface area contributed by atoms with E-state index in [9.17, 15) is 13.5 Å². The van der Waals surface area contributed by atoms with Crippen LogP contribution in [0.4, 0.5) is 0 Å². The third-order valence-electron chi connectivity index (χ3n) is 3.48. The molecule has 1 saturated heterocycles. The van der Waals surface area contributed by atoms with Crippen molar-refractivity contribution in [2.24, 2.45) is 17.8 Å². The quantitative estimate of drug-likeness (QED) is 0.782. The summed E-state index contributed by atoms with van der Waals surface area (Å²) in [7, 11) is -3.48. The number of piperidine rings is 1. The first kappa shape index (κ1) is 15.9. The summed E-state index contributed by atoms with van der Waals surface area (Å²) in [6.45, 7) is 8.89. The van der Waals surface area contributed by atoms with Crippen molar-refractivity contribution in [2.75, 3.05) is 19.7 Å². The van der Waals surface area contributed by atoms with Crippen molar-refractivity contribution in [1.82, 2.24) is 9.03 Å². The second-order valence-corrected chi connectivity index (χ2v) is 7.62. The van der Waals surface area contributed by atoms with Gasteiger partial charge in [-0.3, -0.25) is 0 Å². The zero-order valence-electron chi connectivity index (χ0n) is 11.8. The first-order valence-corrected chi connectivity index (χ1v) is 8.08. The Hall–Kier alpha value is -0.170. The smallest absolute Gasteiger partial charge is 0.279 e. The number of hydrogen-bond acceptors (Lipinski definition) is 3. The topological polar surface area (TPSA) is 69.6 Å². The Bertz CT molecular complexity index is 346. The minimum absolute atomic E-state index is 0.0735. The molecular weight excluding hydrogens is 252 g/mol. The lowest BCUT2D eigenvalue weighted by molar-refractivity contribution is 0.205. The van der Waals surface area contributed by atoms with E-state index in [4.69, 9.17) is 0 Å². The zero-order chi connectivity index (χ0) is 13.9. The van der Waals surface area contributed by atoms with Gasteiger partial charge in [0.25, 0.3) is 10.2 Å². The monoisotopic (exact) mass is 278 g/mol. The molecule has 0 aromatic heterocycles. The number of rotatable bonds is 5. The highest BCUT2D eigenvalue weighted by Gasteiger charge is 2.32. The molecule has 1 aliphatic heterocycles. The Morgan fingerprint density at radius 1 is 1.28 bits per heavy atom. The summed E-state index contributed by atoms with van der Waals surface area (Å²) in [5, 5.41) is 9.22. The number of aliphatic hydroxyl groups excluding tert-OH is 1. The van der Waals surface area contributed by atoms with Crippen molar-refractivity contribution in [2.45, 2.75) is 40.2 Å². The van der Waals surface area contributed by atoms with E-state index < -0.39 is 16.3 Å². The van der Waals surface area contributed by atoms with E-state index in [1.165, 1.54) is 4.31 Å². The fourth-order valence-electron chi connectivity index (χ4n) is 2.45. The molecule has 2 unspecified atom stereocenters. The second kappa shape index (κ2) is 6.32. The van der Waals surface area contributed by atoms with Crippen LogP contribution in [0, 0.1) is 17.8 Å². The van der Waals surface area contributed by atoms with Crippen molar-refractivity contribution in [1.29, 1.82) is 0 Å². The Morgan fingerprint density at radius 2 is 1.78 bits per heavy atom. The molecule has 0 saturated carbocycles. The molecule has 0 radical (unpaired) electrons. The molecule has 1 heterocycles. The van der Waals surface area contributed by atoms with Gasteiger partial charge in [-0.15, -0.1) is 0 Å². The largest absolute Gasteiger partial charge is 0.395 e. The molecule has 0 aromatic rings. The molecule has 1 rings (SSSR count). The van der Waals surface area contributed by atoms with Crippen LogP contribution >= 0.6 is 0 Å². The molecule has 0 aromatic carbocycles. The maximum absolute atomic E-state index is 12.3. The molecular formula is C12H26N2O3S. The van der Waals surface area contributed by atoms with Gasteiger partial charge in [0.2, 0.25) is 0 Å². The average Bonchev–Trinajstić information content (AvgIpc) is 2.24. The van der Waals surface area contributed by atoms with Crippen LogP contribution in [0.3, 0.4) is 0 Å². The molecule has 6 heteroatoms. The molecule has 108 valence electrons. The van der Waals surface area contributed by atoms with E-state index in [2.05, 4.69) is 18.6 Å². The van der Waals surface area contributed by atoms with Crippen LogP contribution in [0.15, 0.2) is 0 Å². The molecule has 0 spiro atoms. The Labute approximate surface area is 111 Å². The molecule has 0 aliphatic carbocycles. The van der Waals surface area contributed by atoms with E-state index in [1.54, 1.807) is 0 Å². The average molecular weight is 278 g/mol. The molecule has 2 N–H and O–H groups in total. The second-order valence-electron chi connectivity index (χ2n) is 5.92. The SMILES string of the molecule is CC1CC(C)CN(S(=O)(=O)N[C@H](CO)C(C)C)C1. The highest BCUT2D eigenvalue weighted by Crippen LogP contribution is 2.23. The van der Waals surface area contributed by atoms with Crippen molar-refractivity contribution in [3.05, 3.63) is 0 Å². The lowest BCUT2D eigenvalue weighted by atomic mass is 9.94. The van der Waals surface area contributed by atoms with Gasteiger partial charge in [0, 0.05) is 19.1 Å². The molecule has 0 amide bonds. The van der Waals surface area contributed by atoms with Gasteiger partial charge in [-0.25, -0.2) is 0 Å². The molecule has 18 heavy (non-hydrogen) atoms. The van der Waals surface area contributed by atoms with Gasteiger partial charge in [-0.2, -0.15) is 17.4 Å². The lowest BCUT2D eigenvalue weighted by Gasteiger charge is -2.35. The minimum atomic E-state index is -3.48. The van der Waals surface area contributed by atoms with Crippen molar-refractivity contribution in [3.8, 4) is 0 Å². The van der Waals surface area contributed by atoms with Crippen LogP contribution in [0.1, 0.15) is 34.1 Å². The van der Waals surface area contributed by atoms with Crippen LogP contribution in [0.5, 0.6) is 0 Å². The Morgan fingerprint density at radius 3 is 2.17 bits per heavy atom. The predicted octanol–water partition coefficient (Wildman–Crippen LogP) is 0.816. The minimum Gasteiger partial charge on any atom is -0.395 e. The number of nitrogens with one attached hydrogen (secondary N) is 1. The number of nitrogens with zero attached hydrogens (tertiary/aromatic N) is 1. The van der Waals surface area contributed by atoms with Crippen molar-refractivity contribution < 1.29 is 13.5 Å². The van der Waals surface area contributed by atoms with Gasteiger partial charge in [-0.05, 0) is 24.2 Å². The van der Waals surface area contributed by atoms with Gasteiger partial charge in [-0.1, -0.05) is 27.7 Å². The predicted molar refractivity (Wildman–Crippen MR) is 72.3 cm³/mol. The fourth-order valence-corrected chi connectivity index (χ4v) is 4.23. The van der Waals surface area contributed by atoms with Gasteiger partial charge in [0.1, 0.15) is 0 Å². The lowest BCUT2D eigenvalue weighted by Crippen LogP contribution is -2.52.